The number of hydrogen-bond donors (Lipinski definition) is 2. The molecule has 180 valence electrons. The Hall–Kier alpha value is -2.57. The predicted octanol–water partition coefficient (Wildman–Crippen LogP) is 4.49. The van der Waals surface area contributed by atoms with Crippen LogP contribution in [0, 0.1) is 6.92 Å². The Bertz CT molecular complexity index is 771. The highest BCUT2D eigenvalue weighted by Gasteiger charge is 2.36. The van der Waals surface area contributed by atoms with Crippen molar-refractivity contribution in [2.75, 3.05) is 6.54 Å². The molecular formula is C25H41N3O4. The maximum absolute atomic E-state index is 13.5. The van der Waals surface area contributed by atoms with Gasteiger partial charge in [-0.1, -0.05) is 44.0 Å². The molecule has 2 N–H and O–H groups in total. The lowest BCUT2D eigenvalue weighted by Gasteiger charge is -2.37. The van der Waals surface area contributed by atoms with E-state index in [0.717, 1.165) is 30.4 Å². The Kier molecular flexibility index (Phi) is 10.7. The fourth-order valence-electron chi connectivity index (χ4n) is 3.44. The lowest BCUT2D eigenvalue weighted by Crippen LogP contribution is -2.54. The van der Waals surface area contributed by atoms with Crippen LogP contribution in [0.1, 0.15) is 84.9 Å². The van der Waals surface area contributed by atoms with Crippen LogP contribution < -0.4 is 10.6 Å². The molecule has 7 nitrogen and oxygen atoms in total. The monoisotopic (exact) mass is 447 g/mol. The second-order valence-electron chi connectivity index (χ2n) is 9.46. The van der Waals surface area contributed by atoms with E-state index < -0.39 is 23.8 Å². The zero-order chi connectivity index (χ0) is 24.5. The number of rotatable bonds is 10. The van der Waals surface area contributed by atoms with Crippen LogP contribution >= 0.6 is 0 Å². The molecule has 1 aromatic carbocycles. The van der Waals surface area contributed by atoms with Crippen molar-refractivity contribution in [3.8, 4) is 0 Å². The summed E-state index contributed by atoms with van der Waals surface area (Å²) in [5.41, 5.74) is 1.02. The summed E-state index contributed by atoms with van der Waals surface area (Å²) in [6, 6.07) is 5.66. The van der Waals surface area contributed by atoms with Crippen molar-refractivity contribution in [2.24, 2.45) is 0 Å². The first-order valence-corrected chi connectivity index (χ1v) is 11.5. The first-order chi connectivity index (χ1) is 14.9. The second-order valence-corrected chi connectivity index (χ2v) is 9.46. The second kappa shape index (κ2) is 12.5. The van der Waals surface area contributed by atoms with Gasteiger partial charge in [-0.2, -0.15) is 0 Å². The zero-order valence-corrected chi connectivity index (χ0v) is 21.0. The number of hydrogen-bond acceptors (Lipinski definition) is 4. The molecule has 3 amide bonds. The van der Waals surface area contributed by atoms with Gasteiger partial charge in [0.05, 0.1) is 0 Å². The van der Waals surface area contributed by atoms with Gasteiger partial charge in [-0.3, -0.25) is 9.59 Å². The number of carbonyl (C=O) groups excluding carboxylic acids is 3. The molecule has 2 unspecified atom stereocenters. The third kappa shape index (κ3) is 8.52. The highest BCUT2D eigenvalue weighted by atomic mass is 16.6. The Morgan fingerprint density at radius 2 is 1.69 bits per heavy atom. The normalized spacial score (nSPS) is 13.3. The molecule has 0 saturated carbocycles. The predicted molar refractivity (Wildman–Crippen MR) is 127 cm³/mol. The first kappa shape index (κ1) is 27.5. The molecule has 0 radical (unpaired) electrons. The number of unbranched alkanes of at least 4 members (excludes halogenated alkanes) is 2. The van der Waals surface area contributed by atoms with Gasteiger partial charge in [0.15, 0.2) is 0 Å². The van der Waals surface area contributed by atoms with Gasteiger partial charge in [0.2, 0.25) is 11.8 Å². The van der Waals surface area contributed by atoms with Gasteiger partial charge >= 0.3 is 6.09 Å². The lowest BCUT2D eigenvalue weighted by atomic mass is 9.97. The Morgan fingerprint density at radius 3 is 2.22 bits per heavy atom. The van der Waals surface area contributed by atoms with Gasteiger partial charge in [-0.25, -0.2) is 4.79 Å². The topological polar surface area (TPSA) is 87.7 Å². The standard InChI is InChI=1S/C25H41N3O4/c1-9-10-13-16-26-22(29)21(20-15-12-11-14-18(20)4)28(17(2)3)23(30)19(5)27-24(31)32-25(6,7)8/h11-12,14-15,17,19,21H,9-10,13,16H2,1-8H3,(H,26,29)(H,27,31). The number of nitrogens with zero attached hydrogens (tertiary/aromatic N) is 1. The van der Waals surface area contributed by atoms with E-state index in [1.54, 1.807) is 32.6 Å². The molecular weight excluding hydrogens is 406 g/mol. The maximum atomic E-state index is 13.5. The minimum atomic E-state index is -0.855. The number of nitrogens with one attached hydrogen (secondary N) is 2. The molecule has 1 aromatic rings. The average molecular weight is 448 g/mol. The molecule has 0 aliphatic carbocycles. The van der Waals surface area contributed by atoms with Crippen molar-refractivity contribution in [2.45, 2.75) is 98.4 Å². The minimum absolute atomic E-state index is 0.220. The SMILES string of the molecule is CCCCCNC(=O)C(c1ccccc1C)N(C(=O)C(C)NC(=O)OC(C)(C)C)C(C)C. The van der Waals surface area contributed by atoms with Crippen molar-refractivity contribution < 1.29 is 19.1 Å². The van der Waals surface area contributed by atoms with Crippen molar-refractivity contribution in [3.63, 3.8) is 0 Å². The summed E-state index contributed by atoms with van der Waals surface area (Å²) in [5.74, 6) is -0.565. The van der Waals surface area contributed by atoms with Gasteiger partial charge in [-0.05, 0) is 66.0 Å². The van der Waals surface area contributed by atoms with E-state index >= 15 is 0 Å². The highest BCUT2D eigenvalue weighted by Crippen LogP contribution is 2.27. The quantitative estimate of drug-likeness (QED) is 0.517. The Morgan fingerprint density at radius 1 is 1.06 bits per heavy atom. The van der Waals surface area contributed by atoms with Gasteiger partial charge in [0.25, 0.3) is 0 Å². The molecule has 2 atom stereocenters. The van der Waals surface area contributed by atoms with E-state index in [1.807, 2.05) is 45.0 Å². The van der Waals surface area contributed by atoms with E-state index in [0.29, 0.717) is 6.54 Å². The highest BCUT2D eigenvalue weighted by molar-refractivity contribution is 5.92. The largest absolute Gasteiger partial charge is 0.444 e. The van der Waals surface area contributed by atoms with Crippen molar-refractivity contribution in [1.82, 2.24) is 15.5 Å². The molecule has 0 aromatic heterocycles. The molecule has 0 bridgehead atoms. The van der Waals surface area contributed by atoms with E-state index in [-0.39, 0.29) is 17.9 Å². The molecule has 0 saturated heterocycles. The van der Waals surface area contributed by atoms with Crippen LogP contribution in [-0.2, 0) is 14.3 Å². The van der Waals surface area contributed by atoms with Crippen molar-refractivity contribution in [1.29, 1.82) is 0 Å². The summed E-state index contributed by atoms with van der Waals surface area (Å²) in [6.45, 7) is 15.2. The summed E-state index contributed by atoms with van der Waals surface area (Å²) in [7, 11) is 0. The minimum Gasteiger partial charge on any atom is -0.444 e. The van der Waals surface area contributed by atoms with Crippen LogP contribution in [0.15, 0.2) is 24.3 Å². The molecule has 1 rings (SSSR count). The van der Waals surface area contributed by atoms with Crippen LogP contribution in [0.5, 0.6) is 0 Å². The number of aryl methyl sites for hydroxylation is 1. The average Bonchev–Trinajstić information content (AvgIpc) is 2.67. The fourth-order valence-corrected chi connectivity index (χ4v) is 3.44. The van der Waals surface area contributed by atoms with Crippen LogP contribution in [-0.4, -0.2) is 47.0 Å². The molecule has 0 spiro atoms. The Labute approximate surface area is 193 Å². The molecule has 32 heavy (non-hydrogen) atoms. The summed E-state index contributed by atoms with van der Waals surface area (Å²) < 4.78 is 5.29. The summed E-state index contributed by atoms with van der Waals surface area (Å²) in [5, 5.41) is 5.61. The van der Waals surface area contributed by atoms with Crippen LogP contribution in [0.25, 0.3) is 0 Å². The van der Waals surface area contributed by atoms with Crippen LogP contribution in [0.3, 0.4) is 0 Å². The molecule has 0 aliphatic rings. The van der Waals surface area contributed by atoms with Gasteiger partial charge in [-0.15, -0.1) is 0 Å². The molecule has 7 heteroatoms. The molecule has 0 fully saturated rings. The third-order valence-electron chi connectivity index (χ3n) is 5.00. The van der Waals surface area contributed by atoms with Crippen molar-refractivity contribution in [3.05, 3.63) is 35.4 Å². The first-order valence-electron chi connectivity index (χ1n) is 11.5. The summed E-state index contributed by atoms with van der Waals surface area (Å²) >= 11 is 0. The van der Waals surface area contributed by atoms with Crippen LogP contribution in [0.2, 0.25) is 0 Å². The maximum Gasteiger partial charge on any atom is 0.408 e. The van der Waals surface area contributed by atoms with Crippen LogP contribution in [0.4, 0.5) is 4.79 Å². The smallest absolute Gasteiger partial charge is 0.408 e. The third-order valence-corrected chi connectivity index (χ3v) is 5.00. The van der Waals surface area contributed by atoms with E-state index in [1.165, 1.54) is 0 Å². The van der Waals surface area contributed by atoms with Crippen molar-refractivity contribution >= 4 is 17.9 Å². The van der Waals surface area contributed by atoms with Gasteiger partial charge in [0, 0.05) is 12.6 Å². The summed E-state index contributed by atoms with van der Waals surface area (Å²) in [6.07, 6.45) is 2.30. The van der Waals surface area contributed by atoms with E-state index in [2.05, 4.69) is 17.6 Å². The molecule has 0 aliphatic heterocycles. The number of ether oxygens (including phenoxy) is 1. The number of carbonyl (C=O) groups is 3. The van der Waals surface area contributed by atoms with Gasteiger partial charge < -0.3 is 20.3 Å². The lowest BCUT2D eigenvalue weighted by molar-refractivity contribution is -0.144. The fraction of sp³-hybridized carbons (Fsp3) is 0.640. The summed E-state index contributed by atoms with van der Waals surface area (Å²) in [4.78, 5) is 40.6. The molecule has 0 heterocycles. The van der Waals surface area contributed by atoms with Gasteiger partial charge in [0.1, 0.15) is 17.7 Å². The van der Waals surface area contributed by atoms with E-state index in [4.69, 9.17) is 4.74 Å². The zero-order valence-electron chi connectivity index (χ0n) is 21.0. The Balaban J connectivity index is 3.20. The van der Waals surface area contributed by atoms with E-state index in [9.17, 15) is 14.4 Å². The number of benzene rings is 1. The number of alkyl carbamates (subject to hydrolysis) is 1. The number of amides is 3.